The Morgan fingerprint density at radius 3 is 2.19 bits per heavy atom. The molecular weight excluding hydrogens is 352 g/mol. The minimum Gasteiger partial charge on any atom is -0.481 e. The van der Waals surface area contributed by atoms with Crippen LogP contribution >= 0.6 is 0 Å². The van der Waals surface area contributed by atoms with Crippen LogP contribution in [0.15, 0.2) is 12.2 Å². The molecule has 0 aromatic rings. The van der Waals surface area contributed by atoms with Gasteiger partial charge in [0.2, 0.25) is 11.8 Å². The summed E-state index contributed by atoms with van der Waals surface area (Å²) in [5, 5.41) is 19.8. The van der Waals surface area contributed by atoms with Crippen LogP contribution in [0.1, 0.15) is 53.4 Å². The highest BCUT2D eigenvalue weighted by atomic mass is 16.4. The molecule has 0 fully saturated rings. The van der Waals surface area contributed by atoms with Crippen molar-refractivity contribution in [3.63, 3.8) is 0 Å². The summed E-state index contributed by atoms with van der Waals surface area (Å²) in [4.78, 5) is 44.4. The van der Waals surface area contributed by atoms with Crippen LogP contribution in [0.2, 0.25) is 0 Å². The lowest BCUT2D eigenvalue weighted by atomic mass is 10.0. The molecule has 0 atom stereocenters. The van der Waals surface area contributed by atoms with Gasteiger partial charge >= 0.3 is 5.97 Å². The van der Waals surface area contributed by atoms with Crippen molar-refractivity contribution >= 4 is 24.1 Å². The molecule has 27 heavy (non-hydrogen) atoms. The monoisotopic (exact) mass is 386 g/mol. The Morgan fingerprint density at radius 1 is 1.19 bits per heavy atom. The van der Waals surface area contributed by atoms with Crippen LogP contribution in [-0.2, 0) is 19.2 Å². The van der Waals surface area contributed by atoms with E-state index in [9.17, 15) is 19.2 Å². The molecule has 0 saturated heterocycles. The predicted octanol–water partition coefficient (Wildman–Crippen LogP) is 1.37. The van der Waals surface area contributed by atoms with Gasteiger partial charge in [-0.05, 0) is 38.7 Å². The maximum absolute atomic E-state index is 11.7. The number of likely N-dealkylation sites (N-methyl/N-ethyl adjacent to an activating group) is 1. The summed E-state index contributed by atoms with van der Waals surface area (Å²) in [7, 11) is 1.56. The molecule has 3 N–H and O–H groups in total. The summed E-state index contributed by atoms with van der Waals surface area (Å²) in [6.45, 7) is 7.95. The molecule has 0 aromatic carbocycles. The summed E-state index contributed by atoms with van der Waals surface area (Å²) in [6, 6.07) is 0. The topological polar surface area (TPSA) is 124 Å². The highest BCUT2D eigenvalue weighted by molar-refractivity contribution is 5.91. The Bertz CT molecular complexity index is 500. The van der Waals surface area contributed by atoms with Crippen molar-refractivity contribution in [2.24, 2.45) is 5.92 Å². The maximum Gasteiger partial charge on any atom is 0.303 e. The van der Waals surface area contributed by atoms with E-state index in [1.165, 1.54) is 4.90 Å². The molecule has 0 aromatic heterocycles. The van der Waals surface area contributed by atoms with Gasteiger partial charge in [0.15, 0.2) is 0 Å². The fourth-order valence-corrected chi connectivity index (χ4v) is 1.82. The first-order valence-electron chi connectivity index (χ1n) is 8.95. The van der Waals surface area contributed by atoms with Crippen molar-refractivity contribution in [1.82, 2.24) is 10.2 Å². The number of rotatable bonds is 11. The first-order valence-corrected chi connectivity index (χ1v) is 8.95. The molecule has 0 radical (unpaired) electrons. The predicted molar refractivity (Wildman–Crippen MR) is 103 cm³/mol. The Balaban J connectivity index is 0. The molecule has 0 aliphatic carbocycles. The molecule has 8 nitrogen and oxygen atoms in total. The van der Waals surface area contributed by atoms with E-state index >= 15 is 0 Å². The van der Waals surface area contributed by atoms with Crippen molar-refractivity contribution in [2.75, 3.05) is 20.2 Å². The number of nitrogens with one attached hydrogen (secondary N) is 1. The molecule has 0 saturated carbocycles. The number of aliphatic carboxylic acids is 1. The van der Waals surface area contributed by atoms with Crippen molar-refractivity contribution in [3.05, 3.63) is 12.2 Å². The second-order valence-corrected chi connectivity index (χ2v) is 7.24. The lowest BCUT2D eigenvalue weighted by Gasteiger charge is -2.26. The van der Waals surface area contributed by atoms with E-state index in [-0.39, 0.29) is 31.4 Å². The number of allylic oxidation sites excluding steroid dienone is 1. The molecular formula is C19H34N2O6. The molecule has 2 amide bonds. The van der Waals surface area contributed by atoms with Crippen LogP contribution in [-0.4, -0.2) is 64.9 Å². The number of aliphatic hydroxyl groups excluding tert-OH is 1. The zero-order valence-electron chi connectivity index (χ0n) is 17.0. The van der Waals surface area contributed by atoms with E-state index in [1.54, 1.807) is 7.05 Å². The molecule has 0 aliphatic heterocycles. The van der Waals surface area contributed by atoms with Crippen LogP contribution in [0.4, 0.5) is 0 Å². The number of aldehydes is 1. The molecule has 0 unspecified atom stereocenters. The highest BCUT2D eigenvalue weighted by Crippen LogP contribution is 2.07. The Morgan fingerprint density at radius 2 is 1.78 bits per heavy atom. The van der Waals surface area contributed by atoms with Crippen molar-refractivity contribution in [1.29, 1.82) is 0 Å². The number of carbonyl (C=O) groups is 4. The van der Waals surface area contributed by atoms with Crippen molar-refractivity contribution < 1.29 is 29.4 Å². The molecule has 0 rings (SSSR count). The standard InChI is InChI=1S/C13H22N2O4.C6H12O2/c1-13(2,7-10-17)14-11(18)6-8-15(3)12(19)5-4-9-16;1-5(2)3-4-6(7)8/h4-5,9,17H,6-8,10H2,1-3H3,(H,14,18);5H,3-4H2,1-2H3,(H,7,8)/b5-4-;. The van der Waals surface area contributed by atoms with E-state index in [1.807, 2.05) is 27.7 Å². The van der Waals surface area contributed by atoms with Crippen molar-refractivity contribution in [2.45, 2.75) is 58.9 Å². The molecule has 156 valence electrons. The fraction of sp³-hybridized carbons (Fsp3) is 0.684. The van der Waals surface area contributed by atoms with Gasteiger partial charge in [-0.25, -0.2) is 0 Å². The number of hydrogen-bond acceptors (Lipinski definition) is 5. The minimum absolute atomic E-state index is 0.00214. The van der Waals surface area contributed by atoms with E-state index in [2.05, 4.69) is 5.32 Å². The summed E-state index contributed by atoms with van der Waals surface area (Å²) in [5.74, 6) is -0.697. The lowest BCUT2D eigenvalue weighted by Crippen LogP contribution is -2.45. The van der Waals surface area contributed by atoms with Crippen molar-refractivity contribution in [3.8, 4) is 0 Å². The quantitative estimate of drug-likeness (QED) is 0.364. The normalized spacial score (nSPS) is 10.9. The zero-order valence-corrected chi connectivity index (χ0v) is 17.0. The second kappa shape index (κ2) is 14.9. The van der Waals surface area contributed by atoms with Crippen LogP contribution < -0.4 is 5.32 Å². The smallest absolute Gasteiger partial charge is 0.303 e. The SMILES string of the molecule is CC(C)CCC(=O)O.CN(CCC(=O)NC(C)(C)CCO)C(=O)/C=C\C=O. The van der Waals surface area contributed by atoms with Gasteiger partial charge in [0.05, 0.1) is 0 Å². The summed E-state index contributed by atoms with van der Waals surface area (Å²) in [6.07, 6.45) is 4.52. The third-order valence-corrected chi connectivity index (χ3v) is 3.52. The number of amides is 2. The van der Waals surface area contributed by atoms with Crippen LogP contribution in [0.5, 0.6) is 0 Å². The van der Waals surface area contributed by atoms with E-state index in [4.69, 9.17) is 10.2 Å². The van der Waals surface area contributed by atoms with Gasteiger partial charge in [0.25, 0.3) is 0 Å². The maximum atomic E-state index is 11.7. The van der Waals surface area contributed by atoms with Gasteiger partial charge in [-0.1, -0.05) is 13.8 Å². The van der Waals surface area contributed by atoms with E-state index in [0.717, 1.165) is 18.6 Å². The first-order chi connectivity index (χ1) is 12.4. The average Bonchev–Trinajstić information content (AvgIpc) is 2.55. The number of carbonyl (C=O) groups excluding carboxylic acids is 3. The van der Waals surface area contributed by atoms with Gasteiger partial charge in [0.1, 0.15) is 6.29 Å². The number of carboxylic acid groups (broad SMARTS) is 1. The lowest BCUT2D eigenvalue weighted by molar-refractivity contribution is -0.137. The molecule has 8 heteroatoms. The average molecular weight is 386 g/mol. The zero-order chi connectivity index (χ0) is 21.5. The van der Waals surface area contributed by atoms with E-state index in [0.29, 0.717) is 25.0 Å². The largest absolute Gasteiger partial charge is 0.481 e. The number of nitrogens with zero attached hydrogens (tertiary/aromatic N) is 1. The Hall–Kier alpha value is -2.22. The first kappa shape index (κ1) is 27.0. The van der Waals surface area contributed by atoms with Gasteiger partial charge in [-0.15, -0.1) is 0 Å². The van der Waals surface area contributed by atoms with Gasteiger partial charge in [-0.2, -0.15) is 0 Å². The van der Waals surface area contributed by atoms with Gasteiger partial charge < -0.3 is 20.4 Å². The molecule has 0 heterocycles. The second-order valence-electron chi connectivity index (χ2n) is 7.24. The number of aliphatic hydroxyl groups is 1. The highest BCUT2D eigenvalue weighted by Gasteiger charge is 2.19. The Labute approximate surface area is 161 Å². The van der Waals surface area contributed by atoms with Crippen LogP contribution in [0.25, 0.3) is 0 Å². The summed E-state index contributed by atoms with van der Waals surface area (Å²) < 4.78 is 0. The van der Waals surface area contributed by atoms with Crippen LogP contribution in [0.3, 0.4) is 0 Å². The van der Waals surface area contributed by atoms with Gasteiger partial charge in [0, 0.05) is 44.7 Å². The number of carboxylic acids is 1. The summed E-state index contributed by atoms with van der Waals surface area (Å²) >= 11 is 0. The minimum atomic E-state index is -0.696. The van der Waals surface area contributed by atoms with Gasteiger partial charge in [-0.3, -0.25) is 19.2 Å². The Kier molecular flexibility index (Phi) is 14.9. The molecule has 0 spiro atoms. The molecule has 0 aliphatic rings. The third-order valence-electron chi connectivity index (χ3n) is 3.52. The number of hydrogen-bond donors (Lipinski definition) is 3. The fourth-order valence-electron chi connectivity index (χ4n) is 1.82. The van der Waals surface area contributed by atoms with Crippen LogP contribution in [0, 0.1) is 5.92 Å². The third kappa shape index (κ3) is 18.4. The van der Waals surface area contributed by atoms with E-state index < -0.39 is 11.5 Å². The summed E-state index contributed by atoms with van der Waals surface area (Å²) in [5.41, 5.74) is -0.466. The molecule has 0 bridgehead atoms.